The smallest absolute Gasteiger partial charge is 0.0242 e. The second-order valence-corrected chi connectivity index (χ2v) is 4.40. The second-order valence-electron chi connectivity index (χ2n) is 4.40. The summed E-state index contributed by atoms with van der Waals surface area (Å²) in [4.78, 5) is 2.68. The van der Waals surface area contributed by atoms with Crippen molar-refractivity contribution >= 4 is 0 Å². The molecule has 2 heterocycles. The van der Waals surface area contributed by atoms with Gasteiger partial charge in [-0.2, -0.15) is 0 Å². The molecule has 1 heteroatoms. The van der Waals surface area contributed by atoms with Crippen LogP contribution in [0, 0.1) is 5.92 Å². The van der Waals surface area contributed by atoms with Crippen LogP contribution in [0.4, 0.5) is 0 Å². The summed E-state index contributed by atoms with van der Waals surface area (Å²) >= 11 is 0. The Morgan fingerprint density at radius 2 is 2.40 bits per heavy atom. The van der Waals surface area contributed by atoms with Gasteiger partial charge in [-0.25, -0.2) is 0 Å². The van der Waals surface area contributed by atoms with Gasteiger partial charge in [-0.15, -0.1) is 0 Å². The highest BCUT2D eigenvalue weighted by atomic mass is 15.3. The zero-order valence-electron chi connectivity index (χ0n) is 6.64. The van der Waals surface area contributed by atoms with Gasteiger partial charge in [-0.3, -0.25) is 4.90 Å². The monoisotopic (exact) mass is 137 g/mol. The molecule has 2 bridgehead atoms. The van der Waals surface area contributed by atoms with E-state index >= 15 is 0 Å². The van der Waals surface area contributed by atoms with Crippen LogP contribution in [-0.4, -0.2) is 23.5 Å². The third kappa shape index (κ3) is 0.430. The molecule has 1 spiro atoms. The van der Waals surface area contributed by atoms with Gasteiger partial charge in [0.05, 0.1) is 0 Å². The molecule has 2 aliphatic heterocycles. The Balaban J connectivity index is 1.99. The highest BCUT2D eigenvalue weighted by molar-refractivity contribution is 5.19. The first-order valence-corrected chi connectivity index (χ1v) is 4.56. The average Bonchev–Trinajstić information content (AvgIpc) is 2.50. The van der Waals surface area contributed by atoms with Gasteiger partial charge in [0.1, 0.15) is 0 Å². The van der Waals surface area contributed by atoms with Gasteiger partial charge < -0.3 is 0 Å². The predicted octanol–water partition coefficient (Wildman–Crippen LogP) is 1.63. The third-order valence-corrected chi connectivity index (χ3v) is 4.15. The van der Waals surface area contributed by atoms with Crippen molar-refractivity contribution in [3.8, 4) is 0 Å². The van der Waals surface area contributed by atoms with Crippen molar-refractivity contribution in [3.05, 3.63) is 0 Å². The van der Waals surface area contributed by atoms with Gasteiger partial charge in [-0.05, 0) is 38.6 Å². The lowest BCUT2D eigenvalue weighted by atomic mass is 9.99. The molecule has 0 amide bonds. The highest BCUT2D eigenvalue weighted by Gasteiger charge is 2.64. The van der Waals surface area contributed by atoms with Crippen LogP contribution in [0.1, 0.15) is 32.1 Å². The minimum absolute atomic E-state index is 0.753. The van der Waals surface area contributed by atoms with Crippen LogP contribution in [0.2, 0.25) is 0 Å². The van der Waals surface area contributed by atoms with Crippen molar-refractivity contribution in [1.29, 1.82) is 0 Å². The minimum atomic E-state index is 0.753. The summed E-state index contributed by atoms with van der Waals surface area (Å²) < 4.78 is 0. The van der Waals surface area contributed by atoms with E-state index in [1.54, 1.807) is 0 Å². The molecule has 56 valence electrons. The Kier molecular flexibility index (Phi) is 0.797. The van der Waals surface area contributed by atoms with E-state index in [1.807, 2.05) is 0 Å². The van der Waals surface area contributed by atoms with E-state index in [0.29, 0.717) is 0 Å². The van der Waals surface area contributed by atoms with E-state index in [0.717, 1.165) is 17.5 Å². The Bertz CT molecular complexity index is 178. The summed E-state index contributed by atoms with van der Waals surface area (Å²) in [6.45, 7) is 0. The van der Waals surface area contributed by atoms with Gasteiger partial charge >= 0.3 is 0 Å². The molecular formula is C9H15N. The maximum Gasteiger partial charge on any atom is 0.0242 e. The van der Waals surface area contributed by atoms with Gasteiger partial charge in [-0.1, -0.05) is 6.42 Å². The summed E-state index contributed by atoms with van der Waals surface area (Å²) in [5, 5.41) is 0. The maximum atomic E-state index is 2.68. The van der Waals surface area contributed by atoms with Crippen LogP contribution in [0.5, 0.6) is 0 Å². The van der Waals surface area contributed by atoms with Crippen LogP contribution in [0.3, 0.4) is 0 Å². The summed E-state index contributed by atoms with van der Waals surface area (Å²) in [6, 6.07) is 0.979. The molecule has 3 atom stereocenters. The summed E-state index contributed by atoms with van der Waals surface area (Å²) in [5.74, 6) is 1.12. The van der Waals surface area contributed by atoms with Crippen molar-refractivity contribution in [3.63, 3.8) is 0 Å². The van der Waals surface area contributed by atoms with Crippen molar-refractivity contribution in [2.75, 3.05) is 7.05 Å². The average molecular weight is 137 g/mol. The molecule has 3 rings (SSSR count). The van der Waals surface area contributed by atoms with Crippen LogP contribution < -0.4 is 0 Å². The zero-order chi connectivity index (χ0) is 6.77. The van der Waals surface area contributed by atoms with E-state index < -0.39 is 0 Å². The first-order chi connectivity index (χ1) is 4.83. The Labute approximate surface area is 62.4 Å². The number of hydrogen-bond donors (Lipinski definition) is 0. The zero-order valence-corrected chi connectivity index (χ0v) is 6.64. The molecule has 1 nitrogen and oxygen atoms in total. The fraction of sp³-hybridized carbons (Fsp3) is 1.00. The molecule has 0 radical (unpaired) electrons. The number of fused-ring (bicyclic) bond motifs is 1. The molecule has 3 fully saturated rings. The molecule has 0 aromatic carbocycles. The fourth-order valence-electron chi connectivity index (χ4n) is 3.39. The Hall–Kier alpha value is -0.0400. The van der Waals surface area contributed by atoms with E-state index in [-0.39, 0.29) is 0 Å². The van der Waals surface area contributed by atoms with Crippen molar-refractivity contribution < 1.29 is 0 Å². The quantitative estimate of drug-likeness (QED) is 0.490. The summed E-state index contributed by atoms with van der Waals surface area (Å²) in [7, 11) is 2.34. The predicted molar refractivity (Wildman–Crippen MR) is 40.9 cm³/mol. The van der Waals surface area contributed by atoms with Crippen molar-refractivity contribution in [2.24, 2.45) is 5.92 Å². The third-order valence-electron chi connectivity index (χ3n) is 4.15. The van der Waals surface area contributed by atoms with Gasteiger partial charge in [0.25, 0.3) is 0 Å². The second kappa shape index (κ2) is 1.42. The maximum absolute atomic E-state index is 2.68. The molecule has 3 aliphatic rings. The number of hydrogen-bond acceptors (Lipinski definition) is 1. The largest absolute Gasteiger partial charge is 0.297 e. The summed E-state index contributed by atoms with van der Waals surface area (Å²) in [6.07, 6.45) is 7.54. The number of rotatable bonds is 0. The van der Waals surface area contributed by atoms with E-state index in [4.69, 9.17) is 0 Å². The van der Waals surface area contributed by atoms with Gasteiger partial charge in [0.2, 0.25) is 0 Å². The minimum Gasteiger partial charge on any atom is -0.297 e. The lowest BCUT2D eigenvalue weighted by Gasteiger charge is -2.35. The normalized spacial score (nSPS) is 58.5. The SMILES string of the molecule is CN1C2CCCC13CC3C2. The molecule has 0 aromatic rings. The molecule has 0 N–H and O–H groups in total. The first kappa shape index (κ1) is 5.59. The fourth-order valence-corrected chi connectivity index (χ4v) is 3.39. The molecule has 2 saturated heterocycles. The summed E-state index contributed by atoms with van der Waals surface area (Å²) in [5.41, 5.74) is 0.753. The molecular weight excluding hydrogens is 122 g/mol. The van der Waals surface area contributed by atoms with Gasteiger partial charge in [0, 0.05) is 11.6 Å². The van der Waals surface area contributed by atoms with Crippen LogP contribution in [0.25, 0.3) is 0 Å². The van der Waals surface area contributed by atoms with Crippen LogP contribution in [0.15, 0.2) is 0 Å². The molecule has 10 heavy (non-hydrogen) atoms. The molecule has 0 aromatic heterocycles. The number of nitrogens with zero attached hydrogens (tertiary/aromatic N) is 1. The van der Waals surface area contributed by atoms with Crippen LogP contribution in [-0.2, 0) is 0 Å². The van der Waals surface area contributed by atoms with E-state index in [9.17, 15) is 0 Å². The Morgan fingerprint density at radius 1 is 1.50 bits per heavy atom. The number of piperidine rings is 2. The van der Waals surface area contributed by atoms with Crippen LogP contribution >= 0.6 is 0 Å². The van der Waals surface area contributed by atoms with Crippen molar-refractivity contribution in [1.82, 2.24) is 4.90 Å². The lowest BCUT2D eigenvalue weighted by Crippen LogP contribution is -2.40. The Morgan fingerprint density at radius 3 is 3.10 bits per heavy atom. The molecule has 1 saturated carbocycles. The standard InChI is InChI=1S/C9H15N/c1-10-8-3-2-4-9(10)6-7(9)5-8/h7-8H,2-6H2,1H3. The van der Waals surface area contributed by atoms with Crippen molar-refractivity contribution in [2.45, 2.75) is 43.7 Å². The van der Waals surface area contributed by atoms with Gasteiger partial charge in [0.15, 0.2) is 0 Å². The first-order valence-electron chi connectivity index (χ1n) is 4.56. The lowest BCUT2D eigenvalue weighted by molar-refractivity contribution is 0.134. The molecule has 3 unspecified atom stereocenters. The molecule has 1 aliphatic carbocycles. The van der Waals surface area contributed by atoms with E-state index in [1.165, 1.54) is 32.1 Å². The topological polar surface area (TPSA) is 3.24 Å². The van der Waals surface area contributed by atoms with E-state index in [2.05, 4.69) is 11.9 Å². The highest BCUT2D eigenvalue weighted by Crippen LogP contribution is 2.62.